The Hall–Kier alpha value is -3.00. The molecule has 0 bridgehead atoms. The largest absolute Gasteiger partial charge is 0.381 e. The van der Waals surface area contributed by atoms with Gasteiger partial charge in [0.1, 0.15) is 5.82 Å². The van der Waals surface area contributed by atoms with Crippen LogP contribution in [-0.4, -0.2) is 38.4 Å². The highest BCUT2D eigenvalue weighted by molar-refractivity contribution is 5.59. The van der Waals surface area contributed by atoms with Crippen LogP contribution in [0.4, 0.5) is 10.3 Å². The molecule has 8 heteroatoms. The summed E-state index contributed by atoms with van der Waals surface area (Å²) in [6.45, 7) is 5.27. The molecule has 1 aliphatic heterocycles. The molecule has 0 unspecified atom stereocenters. The monoisotopic (exact) mass is 465 g/mol. The van der Waals surface area contributed by atoms with E-state index in [1.54, 1.807) is 34.4 Å². The Labute approximate surface area is 199 Å². The molecule has 1 saturated heterocycles. The van der Waals surface area contributed by atoms with Gasteiger partial charge >= 0.3 is 5.69 Å². The van der Waals surface area contributed by atoms with Crippen LogP contribution < -0.4 is 11.0 Å². The normalized spacial score (nSPS) is 21.5. The Morgan fingerprint density at radius 1 is 1.09 bits per heavy atom. The van der Waals surface area contributed by atoms with Gasteiger partial charge in [-0.05, 0) is 81.2 Å². The van der Waals surface area contributed by atoms with E-state index in [1.165, 1.54) is 18.9 Å². The highest BCUT2D eigenvalue weighted by Gasteiger charge is 2.24. The summed E-state index contributed by atoms with van der Waals surface area (Å²) in [7, 11) is 0. The van der Waals surface area contributed by atoms with E-state index in [1.807, 2.05) is 12.3 Å². The van der Waals surface area contributed by atoms with Crippen molar-refractivity contribution in [2.75, 3.05) is 18.5 Å². The fourth-order valence-corrected chi connectivity index (χ4v) is 5.04. The zero-order chi connectivity index (χ0) is 23.7. The molecule has 34 heavy (non-hydrogen) atoms. The van der Waals surface area contributed by atoms with Crippen LogP contribution in [0.25, 0.3) is 17.1 Å². The van der Waals surface area contributed by atoms with Gasteiger partial charge in [0.15, 0.2) is 0 Å². The van der Waals surface area contributed by atoms with Gasteiger partial charge in [0.05, 0.1) is 17.1 Å². The number of anilines is 1. The maximum atomic E-state index is 14.0. The van der Waals surface area contributed by atoms with Crippen molar-refractivity contribution in [2.24, 2.45) is 5.92 Å². The molecule has 1 aliphatic carbocycles. The van der Waals surface area contributed by atoms with E-state index in [2.05, 4.69) is 17.2 Å². The van der Waals surface area contributed by atoms with Crippen molar-refractivity contribution in [1.82, 2.24) is 19.1 Å². The molecular weight excluding hydrogens is 433 g/mol. The van der Waals surface area contributed by atoms with Crippen LogP contribution in [-0.2, 0) is 4.74 Å². The first-order valence-corrected chi connectivity index (χ1v) is 12.3. The first kappa shape index (κ1) is 22.8. The molecule has 3 heterocycles. The topological polar surface area (TPSA) is 74.0 Å². The molecule has 1 N–H and O–H groups in total. The number of nitrogens with zero attached hydrogens (tertiary/aromatic N) is 4. The van der Waals surface area contributed by atoms with Gasteiger partial charge in [0.2, 0.25) is 5.95 Å². The number of hydrogen-bond donors (Lipinski definition) is 1. The van der Waals surface area contributed by atoms with Gasteiger partial charge in [0, 0.05) is 37.7 Å². The Balaban J connectivity index is 1.55. The van der Waals surface area contributed by atoms with E-state index in [0.717, 1.165) is 31.6 Å². The van der Waals surface area contributed by atoms with E-state index >= 15 is 0 Å². The fourth-order valence-electron chi connectivity index (χ4n) is 5.04. The number of nitrogens with one attached hydrogen (secondary N) is 1. The molecule has 2 aromatic heterocycles. The molecular formula is C26H32FN5O2. The lowest BCUT2D eigenvalue weighted by molar-refractivity contribution is 0.0686. The minimum Gasteiger partial charge on any atom is -0.381 e. The Bertz CT molecular complexity index is 1210. The number of imidazole rings is 1. The summed E-state index contributed by atoms with van der Waals surface area (Å²) in [5, 5.41) is 3.49. The van der Waals surface area contributed by atoms with Crippen molar-refractivity contribution >= 4 is 5.95 Å². The quantitative estimate of drug-likeness (QED) is 0.581. The lowest BCUT2D eigenvalue weighted by Crippen LogP contribution is -2.30. The van der Waals surface area contributed by atoms with Crippen LogP contribution in [0.5, 0.6) is 0 Å². The van der Waals surface area contributed by atoms with Crippen molar-refractivity contribution in [2.45, 2.75) is 64.5 Å². The van der Waals surface area contributed by atoms with Gasteiger partial charge in [-0.15, -0.1) is 0 Å². The fraction of sp³-hybridized carbons (Fsp3) is 0.500. The van der Waals surface area contributed by atoms with Crippen molar-refractivity contribution in [3.05, 3.63) is 58.5 Å². The van der Waals surface area contributed by atoms with E-state index < -0.39 is 0 Å². The number of ether oxygens (including phenoxy) is 1. The number of aromatic nitrogens is 4. The zero-order valence-electron chi connectivity index (χ0n) is 19.8. The number of aryl methyl sites for hydroxylation is 1. The van der Waals surface area contributed by atoms with Gasteiger partial charge in [0.25, 0.3) is 0 Å². The van der Waals surface area contributed by atoms with Crippen molar-refractivity contribution in [1.29, 1.82) is 0 Å². The summed E-state index contributed by atoms with van der Waals surface area (Å²) >= 11 is 0. The van der Waals surface area contributed by atoms with Gasteiger partial charge in [-0.3, -0.25) is 9.13 Å². The smallest absolute Gasteiger partial charge is 0.333 e. The average Bonchev–Trinajstić information content (AvgIpc) is 3.20. The van der Waals surface area contributed by atoms with E-state index in [0.29, 0.717) is 47.8 Å². The molecule has 2 aliphatic rings. The third-order valence-corrected chi connectivity index (χ3v) is 7.17. The third kappa shape index (κ3) is 4.64. The molecule has 7 nitrogen and oxygen atoms in total. The standard InChI is InChI=1S/C26H32FN5O2/c1-17-3-5-19(6-4-17)29-25-28-12-9-23(30-25)24-16-31(20-10-13-34-14-11-20)26(33)32(24)21-7-8-22(27)18(2)15-21/h7-9,12,15-17,19-20H,3-6,10-11,13-14H2,1-2H3,(H,28,29,30)/t17-,19-. The van der Waals surface area contributed by atoms with Crippen LogP contribution >= 0.6 is 0 Å². The van der Waals surface area contributed by atoms with Crippen molar-refractivity contribution in [3.63, 3.8) is 0 Å². The Kier molecular flexibility index (Phi) is 6.50. The van der Waals surface area contributed by atoms with E-state index in [9.17, 15) is 9.18 Å². The van der Waals surface area contributed by atoms with Crippen LogP contribution in [0.1, 0.15) is 57.1 Å². The van der Waals surface area contributed by atoms with Crippen LogP contribution in [0.3, 0.4) is 0 Å². The highest BCUT2D eigenvalue weighted by Crippen LogP contribution is 2.28. The summed E-state index contributed by atoms with van der Waals surface area (Å²) in [6, 6.07) is 7.00. The zero-order valence-corrected chi connectivity index (χ0v) is 19.8. The number of halogens is 1. The maximum Gasteiger partial charge on any atom is 0.333 e. The molecule has 0 amide bonds. The number of rotatable bonds is 5. The van der Waals surface area contributed by atoms with Gasteiger partial charge in [-0.2, -0.15) is 0 Å². The van der Waals surface area contributed by atoms with Gasteiger partial charge in [-0.25, -0.2) is 19.2 Å². The minimum atomic E-state index is -0.294. The Morgan fingerprint density at radius 2 is 1.85 bits per heavy atom. The predicted octanol–water partition coefficient (Wildman–Crippen LogP) is 4.89. The summed E-state index contributed by atoms with van der Waals surface area (Å²) in [5.41, 5.74) is 2.30. The number of benzene rings is 1. The molecule has 1 saturated carbocycles. The maximum absolute atomic E-state index is 14.0. The second kappa shape index (κ2) is 9.70. The van der Waals surface area contributed by atoms with E-state index in [-0.39, 0.29) is 17.5 Å². The predicted molar refractivity (Wildman–Crippen MR) is 130 cm³/mol. The average molecular weight is 466 g/mol. The summed E-state index contributed by atoms with van der Waals surface area (Å²) in [4.78, 5) is 22.9. The third-order valence-electron chi connectivity index (χ3n) is 7.17. The molecule has 0 radical (unpaired) electrons. The lowest BCUT2D eigenvalue weighted by atomic mass is 9.87. The molecule has 1 aromatic carbocycles. The van der Waals surface area contributed by atoms with Gasteiger partial charge in [-0.1, -0.05) is 6.92 Å². The molecule has 0 spiro atoms. The molecule has 3 aromatic rings. The van der Waals surface area contributed by atoms with Crippen LogP contribution in [0, 0.1) is 18.7 Å². The first-order chi connectivity index (χ1) is 16.5. The van der Waals surface area contributed by atoms with Crippen LogP contribution in [0.15, 0.2) is 41.5 Å². The second-order valence-corrected chi connectivity index (χ2v) is 9.68. The van der Waals surface area contributed by atoms with Crippen LogP contribution in [0.2, 0.25) is 0 Å². The lowest BCUT2D eigenvalue weighted by Gasteiger charge is -2.26. The minimum absolute atomic E-state index is 0.0615. The van der Waals surface area contributed by atoms with E-state index in [4.69, 9.17) is 9.72 Å². The first-order valence-electron chi connectivity index (χ1n) is 12.3. The van der Waals surface area contributed by atoms with Crippen molar-refractivity contribution < 1.29 is 9.13 Å². The molecule has 180 valence electrons. The summed E-state index contributed by atoms with van der Waals surface area (Å²) in [6.07, 6.45) is 9.79. The second-order valence-electron chi connectivity index (χ2n) is 9.68. The van der Waals surface area contributed by atoms with Crippen molar-refractivity contribution in [3.8, 4) is 17.1 Å². The van der Waals surface area contributed by atoms with Gasteiger partial charge < -0.3 is 10.1 Å². The summed E-state index contributed by atoms with van der Waals surface area (Å²) < 4.78 is 22.9. The summed E-state index contributed by atoms with van der Waals surface area (Å²) in [5.74, 6) is 1.05. The molecule has 5 rings (SSSR count). The molecule has 2 fully saturated rings. The highest BCUT2D eigenvalue weighted by atomic mass is 19.1. The SMILES string of the molecule is Cc1cc(-n2c(-c3ccnc(N[C@H]4CC[C@H](C)CC4)n3)cn(C3CCOCC3)c2=O)ccc1F. The Morgan fingerprint density at radius 3 is 2.59 bits per heavy atom. The number of hydrogen-bond acceptors (Lipinski definition) is 5. The molecule has 0 atom stereocenters.